The normalized spacial score (nSPS) is 23.2. The first-order valence-corrected chi connectivity index (χ1v) is 11.5. The van der Waals surface area contributed by atoms with Gasteiger partial charge in [0.25, 0.3) is 5.91 Å². The number of ether oxygens (including phenoxy) is 2. The molecule has 0 aliphatic carbocycles. The number of thioether (sulfide) groups is 1. The van der Waals surface area contributed by atoms with Crippen molar-refractivity contribution in [3.8, 4) is 0 Å². The van der Waals surface area contributed by atoms with E-state index in [1.807, 2.05) is 66.7 Å². The smallest absolute Gasteiger partial charge is 0.338 e. The maximum atomic E-state index is 14.5. The number of methoxy groups -OCH3 is 2. The Morgan fingerprint density at radius 1 is 0.706 bits per heavy atom. The van der Waals surface area contributed by atoms with Crippen molar-refractivity contribution in [3.63, 3.8) is 0 Å². The summed E-state index contributed by atoms with van der Waals surface area (Å²) in [4.78, 5) is 41.5. The number of rotatable bonds is 5. The highest BCUT2D eigenvalue weighted by Crippen LogP contribution is 2.71. The van der Waals surface area contributed by atoms with E-state index in [1.165, 1.54) is 26.0 Å². The third kappa shape index (κ3) is 2.80. The van der Waals surface area contributed by atoms with Gasteiger partial charge in [-0.3, -0.25) is 9.69 Å². The summed E-state index contributed by atoms with van der Waals surface area (Å²) in [6, 6.07) is 27.4. The SMILES string of the molecule is COC(=O)C1=C(C(=O)OC)C2(c3ccccc3)SC1(c1ccccc1)C(=O)N2c1ccccc1. The Morgan fingerprint density at radius 3 is 1.71 bits per heavy atom. The molecule has 0 N–H and O–H groups in total. The van der Waals surface area contributed by atoms with E-state index < -0.39 is 21.6 Å². The molecule has 5 rings (SSSR count). The minimum atomic E-state index is -1.50. The molecule has 2 bridgehead atoms. The second-order valence-corrected chi connectivity index (χ2v) is 9.28. The van der Waals surface area contributed by atoms with Crippen molar-refractivity contribution >= 4 is 35.3 Å². The summed E-state index contributed by atoms with van der Waals surface area (Å²) in [7, 11) is 2.51. The lowest BCUT2D eigenvalue weighted by Crippen LogP contribution is -2.52. The summed E-state index contributed by atoms with van der Waals surface area (Å²) >= 11 is 1.25. The van der Waals surface area contributed by atoms with Gasteiger partial charge in [0.15, 0.2) is 9.62 Å². The van der Waals surface area contributed by atoms with Crippen molar-refractivity contribution in [2.24, 2.45) is 0 Å². The number of carbonyl (C=O) groups is 3. The van der Waals surface area contributed by atoms with E-state index in [1.54, 1.807) is 29.2 Å². The molecule has 6 nitrogen and oxygen atoms in total. The van der Waals surface area contributed by atoms with Crippen molar-refractivity contribution in [2.75, 3.05) is 19.1 Å². The number of nitrogens with zero attached hydrogens (tertiary/aromatic N) is 1. The fourth-order valence-corrected chi connectivity index (χ4v) is 6.82. The largest absolute Gasteiger partial charge is 0.466 e. The van der Waals surface area contributed by atoms with Crippen LogP contribution in [0.15, 0.2) is 102 Å². The molecule has 1 amide bonds. The van der Waals surface area contributed by atoms with Gasteiger partial charge in [-0.05, 0) is 23.3 Å². The first-order valence-electron chi connectivity index (χ1n) is 10.6. The van der Waals surface area contributed by atoms with Crippen LogP contribution in [0.3, 0.4) is 0 Å². The molecule has 2 aliphatic rings. The molecule has 1 saturated heterocycles. The zero-order valence-electron chi connectivity index (χ0n) is 18.6. The van der Waals surface area contributed by atoms with Crippen LogP contribution in [-0.2, 0) is 33.5 Å². The molecule has 7 heteroatoms. The van der Waals surface area contributed by atoms with Gasteiger partial charge in [-0.2, -0.15) is 0 Å². The first kappa shape index (κ1) is 22.0. The molecule has 0 radical (unpaired) electrons. The molecule has 2 aliphatic heterocycles. The van der Waals surface area contributed by atoms with Crippen molar-refractivity contribution in [2.45, 2.75) is 9.62 Å². The average Bonchev–Trinajstić information content (AvgIpc) is 3.37. The van der Waals surface area contributed by atoms with Gasteiger partial charge < -0.3 is 9.47 Å². The molecule has 0 aromatic heterocycles. The van der Waals surface area contributed by atoms with Crippen LogP contribution in [0.5, 0.6) is 0 Å². The number of fused-ring (bicyclic) bond motifs is 2. The van der Waals surface area contributed by atoms with Crippen LogP contribution >= 0.6 is 11.8 Å². The van der Waals surface area contributed by atoms with Crippen LogP contribution in [0, 0.1) is 0 Å². The number of anilines is 1. The molecule has 0 saturated carbocycles. The Labute approximate surface area is 201 Å². The topological polar surface area (TPSA) is 72.9 Å². The van der Waals surface area contributed by atoms with Gasteiger partial charge in [-0.1, -0.05) is 90.6 Å². The van der Waals surface area contributed by atoms with Gasteiger partial charge in [-0.15, -0.1) is 0 Å². The Morgan fingerprint density at radius 2 is 1.18 bits per heavy atom. The van der Waals surface area contributed by atoms with Gasteiger partial charge >= 0.3 is 11.9 Å². The zero-order valence-corrected chi connectivity index (χ0v) is 19.4. The lowest BCUT2D eigenvalue weighted by molar-refractivity contribution is -0.141. The molecule has 34 heavy (non-hydrogen) atoms. The molecule has 2 atom stereocenters. The van der Waals surface area contributed by atoms with Crippen LogP contribution in [0.4, 0.5) is 5.69 Å². The third-order valence-electron chi connectivity index (χ3n) is 6.20. The summed E-state index contributed by atoms with van der Waals surface area (Å²) in [5, 5.41) is 0. The van der Waals surface area contributed by atoms with E-state index in [9.17, 15) is 14.4 Å². The second-order valence-electron chi connectivity index (χ2n) is 7.87. The summed E-state index contributed by atoms with van der Waals surface area (Å²) in [5.74, 6) is -1.76. The first-order chi connectivity index (χ1) is 16.5. The quantitative estimate of drug-likeness (QED) is 0.520. The van der Waals surface area contributed by atoms with Crippen LogP contribution in [0.25, 0.3) is 0 Å². The van der Waals surface area contributed by atoms with Crippen LogP contribution in [-0.4, -0.2) is 32.1 Å². The Bertz CT molecular complexity index is 1310. The molecular weight excluding hydrogens is 450 g/mol. The molecule has 170 valence electrons. The van der Waals surface area contributed by atoms with Gasteiger partial charge in [-0.25, -0.2) is 9.59 Å². The van der Waals surface area contributed by atoms with E-state index in [0.717, 1.165) is 0 Å². The van der Waals surface area contributed by atoms with Gasteiger partial charge in [0, 0.05) is 5.69 Å². The second kappa shape index (κ2) is 8.18. The monoisotopic (exact) mass is 471 g/mol. The average molecular weight is 472 g/mol. The van der Waals surface area contributed by atoms with E-state index in [4.69, 9.17) is 9.47 Å². The highest BCUT2D eigenvalue weighted by molar-refractivity contribution is 8.03. The summed E-state index contributed by atoms with van der Waals surface area (Å²) in [5.41, 5.74) is 1.95. The number of hydrogen-bond donors (Lipinski definition) is 0. The number of benzene rings is 3. The van der Waals surface area contributed by atoms with Gasteiger partial charge in [0.05, 0.1) is 25.4 Å². The Hall–Kier alpha value is -3.84. The van der Waals surface area contributed by atoms with E-state index >= 15 is 0 Å². The summed E-state index contributed by atoms with van der Waals surface area (Å²) in [6.45, 7) is 0. The maximum Gasteiger partial charge on any atom is 0.338 e. The Kier molecular flexibility index (Phi) is 5.29. The van der Waals surface area contributed by atoms with Crippen LogP contribution in [0.2, 0.25) is 0 Å². The maximum absolute atomic E-state index is 14.5. The molecule has 2 heterocycles. The van der Waals surface area contributed by atoms with Gasteiger partial charge in [0.1, 0.15) is 0 Å². The molecule has 2 unspecified atom stereocenters. The highest BCUT2D eigenvalue weighted by atomic mass is 32.2. The predicted octanol–water partition coefficient (Wildman–Crippen LogP) is 4.17. The third-order valence-corrected chi connectivity index (χ3v) is 8.04. The zero-order chi connectivity index (χ0) is 23.9. The molecule has 0 spiro atoms. The van der Waals surface area contributed by atoms with Crippen molar-refractivity contribution in [1.29, 1.82) is 0 Å². The van der Waals surface area contributed by atoms with Crippen molar-refractivity contribution in [1.82, 2.24) is 0 Å². The Balaban J connectivity index is 1.95. The van der Waals surface area contributed by atoms with Crippen molar-refractivity contribution < 1.29 is 23.9 Å². The lowest BCUT2D eigenvalue weighted by atomic mass is 9.78. The van der Waals surface area contributed by atoms with Crippen LogP contribution < -0.4 is 4.90 Å². The molecule has 1 fully saturated rings. The molecule has 3 aromatic rings. The van der Waals surface area contributed by atoms with E-state index in [2.05, 4.69) is 0 Å². The van der Waals surface area contributed by atoms with E-state index in [0.29, 0.717) is 16.8 Å². The number of para-hydroxylation sites is 1. The highest BCUT2D eigenvalue weighted by Gasteiger charge is 2.74. The lowest BCUT2D eigenvalue weighted by Gasteiger charge is -2.40. The molecule has 3 aromatic carbocycles. The van der Waals surface area contributed by atoms with Gasteiger partial charge in [0.2, 0.25) is 0 Å². The minimum Gasteiger partial charge on any atom is -0.466 e. The van der Waals surface area contributed by atoms with Crippen molar-refractivity contribution in [3.05, 3.63) is 113 Å². The summed E-state index contributed by atoms with van der Waals surface area (Å²) in [6.07, 6.45) is 0. The number of esters is 2. The number of carbonyl (C=O) groups excluding carboxylic acids is 3. The minimum absolute atomic E-state index is 0.000848. The summed E-state index contributed by atoms with van der Waals surface area (Å²) < 4.78 is 8.85. The molecular formula is C27H21NO5S. The predicted molar refractivity (Wildman–Crippen MR) is 129 cm³/mol. The number of hydrogen-bond acceptors (Lipinski definition) is 6. The van der Waals surface area contributed by atoms with E-state index in [-0.39, 0.29) is 17.1 Å². The fourth-order valence-electron chi connectivity index (χ4n) is 4.84. The number of amides is 1. The standard InChI is InChI=1S/C27H21NO5S/c1-32-23(29)21-22(24(30)33-2)27(19-14-8-4-9-15-19)28(20-16-10-5-11-17-20)25(31)26(21,34-27)18-12-6-3-7-13-18/h3-17H,1-2H3. The fraction of sp³-hybridized carbons (Fsp3) is 0.148. The van der Waals surface area contributed by atoms with Crippen LogP contribution in [0.1, 0.15) is 11.1 Å².